The molecule has 2 aromatic carbocycles. The van der Waals surface area contributed by atoms with Crippen molar-refractivity contribution in [2.24, 2.45) is 0 Å². The molecule has 0 saturated carbocycles. The Balaban J connectivity index is 1.71. The third-order valence-corrected chi connectivity index (χ3v) is 4.98. The fraction of sp³-hybridized carbons (Fsp3) is 0.0952. The first-order valence-corrected chi connectivity index (χ1v) is 9.32. The first-order chi connectivity index (χ1) is 15.0. The van der Waals surface area contributed by atoms with Gasteiger partial charge in [-0.2, -0.15) is 5.10 Å². The zero-order chi connectivity index (χ0) is 21.5. The second-order valence-electron chi connectivity index (χ2n) is 6.96. The summed E-state index contributed by atoms with van der Waals surface area (Å²) in [4.78, 5) is 15.3. The van der Waals surface area contributed by atoms with Gasteiger partial charge in [-0.05, 0) is 42.3 Å². The molecule has 0 aliphatic carbocycles. The topological polar surface area (TPSA) is 92.3 Å². The molecule has 5 rings (SSSR count). The van der Waals surface area contributed by atoms with Crippen LogP contribution in [0.15, 0.2) is 49.2 Å². The van der Waals surface area contributed by atoms with Gasteiger partial charge in [0.25, 0.3) is 0 Å². The zero-order valence-corrected chi connectivity index (χ0v) is 16.1. The molecule has 3 heterocycles. The predicted octanol–water partition coefficient (Wildman–Crippen LogP) is 4.55. The number of nitrogens with one attached hydrogen (secondary N) is 2. The number of rotatable bonds is 4. The predicted molar refractivity (Wildman–Crippen MR) is 109 cm³/mol. The zero-order valence-electron chi connectivity index (χ0n) is 16.1. The number of anilines is 1. The first-order valence-electron chi connectivity index (χ1n) is 9.32. The average molecular weight is 421 g/mol. The van der Waals surface area contributed by atoms with Gasteiger partial charge in [-0.1, -0.05) is 0 Å². The normalized spacial score (nSPS) is 12.4. The lowest BCUT2D eigenvalue weighted by Crippen LogP contribution is -2.11. The number of hydrogen-bond acceptors (Lipinski definition) is 6. The molecule has 1 unspecified atom stereocenters. The molecule has 5 aromatic rings. The van der Waals surface area contributed by atoms with E-state index in [0.717, 1.165) is 6.07 Å². The van der Waals surface area contributed by atoms with Gasteiger partial charge < -0.3 is 10.3 Å². The van der Waals surface area contributed by atoms with Gasteiger partial charge in [-0.25, -0.2) is 28.1 Å². The summed E-state index contributed by atoms with van der Waals surface area (Å²) in [5, 5.41) is 11.3. The van der Waals surface area contributed by atoms with Crippen molar-refractivity contribution in [1.29, 1.82) is 0 Å². The summed E-state index contributed by atoms with van der Waals surface area (Å²) >= 11 is 0. The van der Waals surface area contributed by atoms with E-state index < -0.39 is 23.5 Å². The maximum absolute atomic E-state index is 14.9. The molecule has 0 saturated heterocycles. The second kappa shape index (κ2) is 7.31. The summed E-state index contributed by atoms with van der Waals surface area (Å²) in [7, 11) is 0. The molecule has 0 spiro atoms. The van der Waals surface area contributed by atoms with E-state index >= 15 is 0 Å². The Kier molecular flexibility index (Phi) is 4.46. The van der Waals surface area contributed by atoms with Crippen LogP contribution >= 0.6 is 0 Å². The van der Waals surface area contributed by atoms with Crippen molar-refractivity contribution < 1.29 is 13.2 Å². The van der Waals surface area contributed by atoms with Crippen LogP contribution in [0.1, 0.15) is 18.5 Å². The van der Waals surface area contributed by atoms with Crippen molar-refractivity contribution in [2.45, 2.75) is 13.0 Å². The molecule has 1 atom stereocenters. The van der Waals surface area contributed by atoms with E-state index in [4.69, 9.17) is 0 Å². The van der Waals surface area contributed by atoms with Crippen LogP contribution < -0.4 is 5.32 Å². The largest absolute Gasteiger partial charge is 0.362 e. The summed E-state index contributed by atoms with van der Waals surface area (Å²) in [5.74, 6) is -1.58. The van der Waals surface area contributed by atoms with E-state index in [2.05, 4.69) is 35.5 Å². The highest BCUT2D eigenvalue weighted by atomic mass is 19.1. The molecule has 0 amide bonds. The average Bonchev–Trinajstić information content (AvgIpc) is 3.23. The van der Waals surface area contributed by atoms with Crippen LogP contribution in [-0.2, 0) is 0 Å². The summed E-state index contributed by atoms with van der Waals surface area (Å²) in [6.45, 7) is 1.78. The van der Waals surface area contributed by atoms with Crippen molar-refractivity contribution in [2.75, 3.05) is 5.32 Å². The molecular formula is C21H14F3N7. The number of fused-ring (bicyclic) bond motifs is 2. The fourth-order valence-corrected chi connectivity index (χ4v) is 3.63. The fourth-order valence-electron chi connectivity index (χ4n) is 3.63. The molecule has 0 aliphatic rings. The molecule has 10 heteroatoms. The lowest BCUT2D eigenvalue weighted by atomic mass is 9.92. The minimum absolute atomic E-state index is 0.198. The Labute approximate surface area is 173 Å². The SMILES string of the molecule is CC(Nc1ncnc2nc[nH]c12)c1cc(F)c2ccnnc2c1-c1cc(F)cc(F)c1. The van der Waals surface area contributed by atoms with Gasteiger partial charge in [-0.15, -0.1) is 5.10 Å². The Morgan fingerprint density at radius 1 is 1.00 bits per heavy atom. The third kappa shape index (κ3) is 3.31. The monoisotopic (exact) mass is 421 g/mol. The third-order valence-electron chi connectivity index (χ3n) is 4.98. The van der Waals surface area contributed by atoms with Crippen molar-refractivity contribution in [3.8, 4) is 11.1 Å². The number of halogens is 3. The Morgan fingerprint density at radius 2 is 1.81 bits per heavy atom. The number of hydrogen-bond donors (Lipinski definition) is 2. The van der Waals surface area contributed by atoms with Crippen LogP contribution in [0.5, 0.6) is 0 Å². The number of nitrogens with zero attached hydrogens (tertiary/aromatic N) is 5. The summed E-state index contributed by atoms with van der Waals surface area (Å²) in [6, 6.07) is 5.40. The highest BCUT2D eigenvalue weighted by Crippen LogP contribution is 2.37. The van der Waals surface area contributed by atoms with Crippen molar-refractivity contribution in [3.05, 3.63) is 72.2 Å². The van der Waals surface area contributed by atoms with Gasteiger partial charge in [0.05, 0.1) is 18.6 Å². The van der Waals surface area contributed by atoms with Gasteiger partial charge in [0, 0.05) is 17.0 Å². The number of benzene rings is 2. The van der Waals surface area contributed by atoms with Crippen LogP contribution in [0.25, 0.3) is 33.2 Å². The number of imidazole rings is 1. The summed E-state index contributed by atoms with van der Waals surface area (Å²) in [6.07, 6.45) is 4.20. The summed E-state index contributed by atoms with van der Waals surface area (Å²) in [5.41, 5.74) is 2.27. The van der Waals surface area contributed by atoms with Gasteiger partial charge in [0.2, 0.25) is 0 Å². The quantitative estimate of drug-likeness (QED) is 0.442. The smallest absolute Gasteiger partial charge is 0.182 e. The number of aromatic amines is 1. The lowest BCUT2D eigenvalue weighted by molar-refractivity contribution is 0.584. The van der Waals surface area contributed by atoms with Crippen LogP contribution in [0.3, 0.4) is 0 Å². The highest BCUT2D eigenvalue weighted by molar-refractivity contribution is 5.96. The van der Waals surface area contributed by atoms with Crippen molar-refractivity contribution in [3.63, 3.8) is 0 Å². The van der Waals surface area contributed by atoms with E-state index in [1.165, 1.54) is 43.1 Å². The maximum Gasteiger partial charge on any atom is 0.182 e. The van der Waals surface area contributed by atoms with Gasteiger partial charge in [0.15, 0.2) is 11.5 Å². The molecule has 0 radical (unpaired) electrons. The highest BCUT2D eigenvalue weighted by Gasteiger charge is 2.21. The number of aromatic nitrogens is 6. The van der Waals surface area contributed by atoms with E-state index in [-0.39, 0.29) is 16.5 Å². The van der Waals surface area contributed by atoms with Gasteiger partial charge in [-0.3, -0.25) is 0 Å². The first kappa shape index (κ1) is 18.9. The van der Waals surface area contributed by atoms with Crippen molar-refractivity contribution in [1.82, 2.24) is 30.1 Å². The molecule has 7 nitrogen and oxygen atoms in total. The minimum atomic E-state index is -0.752. The molecule has 154 valence electrons. The lowest BCUT2D eigenvalue weighted by Gasteiger charge is -2.20. The Hall–Kier alpha value is -4.08. The van der Waals surface area contributed by atoms with Gasteiger partial charge >= 0.3 is 0 Å². The van der Waals surface area contributed by atoms with Crippen LogP contribution in [-0.4, -0.2) is 30.1 Å². The maximum atomic E-state index is 14.9. The van der Waals surface area contributed by atoms with E-state index in [1.807, 2.05) is 0 Å². The van der Waals surface area contributed by atoms with Crippen LogP contribution in [0.4, 0.5) is 19.0 Å². The van der Waals surface area contributed by atoms with E-state index in [1.54, 1.807) is 6.92 Å². The van der Waals surface area contributed by atoms with Crippen LogP contribution in [0.2, 0.25) is 0 Å². The van der Waals surface area contributed by atoms with E-state index in [0.29, 0.717) is 28.1 Å². The number of H-pyrrole nitrogens is 1. The Morgan fingerprint density at radius 3 is 2.61 bits per heavy atom. The summed E-state index contributed by atoms with van der Waals surface area (Å²) < 4.78 is 43.0. The molecule has 3 aromatic heterocycles. The second-order valence-corrected chi connectivity index (χ2v) is 6.96. The molecule has 2 N–H and O–H groups in total. The Bertz CT molecular complexity index is 1410. The van der Waals surface area contributed by atoms with Crippen molar-refractivity contribution >= 4 is 27.9 Å². The van der Waals surface area contributed by atoms with E-state index in [9.17, 15) is 13.2 Å². The minimum Gasteiger partial charge on any atom is -0.362 e. The molecule has 0 bridgehead atoms. The molecule has 31 heavy (non-hydrogen) atoms. The molecular weight excluding hydrogens is 407 g/mol. The standard InChI is InChI=1S/C21H14F3N7/c1-10(30-21-19-20(26-8-25-19)27-9-28-21)15-7-16(24)14-2-3-29-31-18(14)17(15)11-4-12(22)6-13(23)5-11/h2-10H,1H3,(H2,25,26,27,28,30). The van der Waals surface area contributed by atoms with Gasteiger partial charge in [0.1, 0.15) is 34.8 Å². The molecule has 0 aliphatic heterocycles. The van der Waals surface area contributed by atoms with Crippen LogP contribution in [0, 0.1) is 17.5 Å². The molecule has 0 fully saturated rings.